The van der Waals surface area contributed by atoms with E-state index in [1.807, 2.05) is 11.0 Å². The zero-order chi connectivity index (χ0) is 10.9. The van der Waals surface area contributed by atoms with Crippen molar-refractivity contribution in [3.63, 3.8) is 0 Å². The second kappa shape index (κ2) is 3.75. The smallest absolute Gasteiger partial charge is 0.449 e. The van der Waals surface area contributed by atoms with Gasteiger partial charge in [-0.15, -0.1) is 0 Å². The summed E-state index contributed by atoms with van der Waals surface area (Å²) in [5.74, 6) is -0.231. The van der Waals surface area contributed by atoms with Crippen molar-refractivity contribution in [3.8, 4) is 0 Å². The lowest BCUT2D eigenvalue weighted by atomic mass is 9.75. The highest BCUT2D eigenvalue weighted by Gasteiger charge is 2.34. The Balaban J connectivity index is 1.84. The molecule has 2 rings (SSSR count). The van der Waals surface area contributed by atoms with E-state index in [0.717, 1.165) is 5.69 Å². The number of anilines is 1. The van der Waals surface area contributed by atoms with Crippen LogP contribution in [0.1, 0.15) is 0 Å². The molecule has 0 bridgehead atoms. The largest absolute Gasteiger partial charge is 0.478 e. The van der Waals surface area contributed by atoms with Crippen molar-refractivity contribution < 1.29 is 12.9 Å². The Morgan fingerprint density at radius 3 is 2.67 bits per heavy atom. The van der Waals surface area contributed by atoms with Crippen LogP contribution >= 0.6 is 0 Å². The normalized spacial score (nSPS) is 17.7. The van der Waals surface area contributed by atoms with Crippen LogP contribution in [0.2, 0.25) is 6.32 Å². The molecular weight excluding hydrogens is 204 g/mol. The van der Waals surface area contributed by atoms with Crippen molar-refractivity contribution in [2.24, 2.45) is 5.92 Å². The van der Waals surface area contributed by atoms with Crippen LogP contribution in [0.3, 0.4) is 0 Å². The SMILES string of the molecule is F[B-](F)(F)CC1CN(c2cccnc2)C1. The molecule has 82 valence electrons. The molecule has 1 aliphatic rings. The molecule has 2 nitrogen and oxygen atoms in total. The first-order valence-electron chi connectivity index (χ1n) is 4.90. The van der Waals surface area contributed by atoms with Crippen LogP contribution in [0.4, 0.5) is 18.6 Å². The lowest BCUT2D eigenvalue weighted by Gasteiger charge is -2.43. The molecule has 0 N–H and O–H groups in total. The van der Waals surface area contributed by atoms with Crippen LogP contribution in [-0.2, 0) is 0 Å². The minimum Gasteiger partial charge on any atom is -0.449 e. The Kier molecular flexibility index (Phi) is 2.58. The monoisotopic (exact) mass is 215 g/mol. The van der Waals surface area contributed by atoms with Gasteiger partial charge in [0.25, 0.3) is 0 Å². The van der Waals surface area contributed by atoms with E-state index in [1.54, 1.807) is 18.5 Å². The van der Waals surface area contributed by atoms with Crippen molar-refractivity contribution in [2.75, 3.05) is 18.0 Å². The van der Waals surface area contributed by atoms with Crippen LogP contribution in [-0.4, -0.2) is 25.1 Å². The van der Waals surface area contributed by atoms with E-state index >= 15 is 0 Å². The second-order valence-electron chi connectivity index (χ2n) is 3.93. The first kappa shape index (κ1) is 10.3. The van der Waals surface area contributed by atoms with E-state index in [-0.39, 0.29) is 5.92 Å². The third kappa shape index (κ3) is 2.64. The predicted octanol–water partition coefficient (Wildman–Crippen LogP) is 2.37. The lowest BCUT2D eigenvalue weighted by Crippen LogP contribution is -2.48. The third-order valence-corrected chi connectivity index (χ3v) is 2.57. The molecule has 0 unspecified atom stereocenters. The molecule has 15 heavy (non-hydrogen) atoms. The zero-order valence-corrected chi connectivity index (χ0v) is 8.11. The number of nitrogens with zero attached hydrogens (tertiary/aromatic N) is 2. The molecule has 1 aromatic rings. The predicted molar refractivity (Wildman–Crippen MR) is 53.8 cm³/mol. The standard InChI is InChI=1S/C9H11BF3N2/c11-10(12,13)4-8-6-15(7-8)9-2-1-3-14-5-9/h1-3,5,8H,4,6-7H2/q-1. The molecule has 0 saturated carbocycles. The molecule has 0 radical (unpaired) electrons. The molecule has 1 aliphatic heterocycles. The van der Waals surface area contributed by atoms with E-state index in [4.69, 9.17) is 0 Å². The van der Waals surface area contributed by atoms with Gasteiger partial charge in [0, 0.05) is 19.3 Å². The Morgan fingerprint density at radius 1 is 1.40 bits per heavy atom. The summed E-state index contributed by atoms with van der Waals surface area (Å²) in [5, 5.41) is 0. The van der Waals surface area contributed by atoms with Crippen molar-refractivity contribution in [1.29, 1.82) is 0 Å². The second-order valence-corrected chi connectivity index (χ2v) is 3.93. The molecule has 0 spiro atoms. The average molecular weight is 215 g/mol. The van der Waals surface area contributed by atoms with Crippen molar-refractivity contribution in [3.05, 3.63) is 24.5 Å². The molecule has 0 amide bonds. The van der Waals surface area contributed by atoms with Gasteiger partial charge in [-0.05, 0) is 18.1 Å². The maximum absolute atomic E-state index is 12.1. The minimum absolute atomic E-state index is 0.231. The minimum atomic E-state index is -4.63. The average Bonchev–Trinajstić information content (AvgIpc) is 2.11. The molecule has 6 heteroatoms. The lowest BCUT2D eigenvalue weighted by molar-refractivity contribution is 0.381. The van der Waals surface area contributed by atoms with E-state index < -0.39 is 13.3 Å². The van der Waals surface area contributed by atoms with E-state index in [0.29, 0.717) is 13.1 Å². The summed E-state index contributed by atoms with van der Waals surface area (Å²) in [6, 6.07) is 3.65. The van der Waals surface area contributed by atoms with Gasteiger partial charge in [-0.1, -0.05) is 6.32 Å². The first-order valence-corrected chi connectivity index (χ1v) is 4.90. The Labute approximate surface area is 86.2 Å². The molecule has 1 saturated heterocycles. The molecule has 0 aromatic carbocycles. The van der Waals surface area contributed by atoms with Gasteiger partial charge in [-0.2, -0.15) is 0 Å². The molecular formula is C9H11BF3N2-. The quantitative estimate of drug-likeness (QED) is 0.719. The van der Waals surface area contributed by atoms with Crippen LogP contribution in [0.25, 0.3) is 0 Å². The summed E-state index contributed by atoms with van der Waals surface area (Å²) in [6.45, 7) is -3.65. The molecule has 1 aromatic heterocycles. The van der Waals surface area contributed by atoms with E-state index in [9.17, 15) is 12.9 Å². The van der Waals surface area contributed by atoms with Crippen LogP contribution in [0.5, 0.6) is 0 Å². The van der Waals surface area contributed by atoms with Gasteiger partial charge < -0.3 is 17.8 Å². The first-order chi connectivity index (χ1) is 7.04. The summed E-state index contributed by atoms with van der Waals surface area (Å²) in [6.07, 6.45) is 2.71. The fourth-order valence-electron chi connectivity index (χ4n) is 1.85. The summed E-state index contributed by atoms with van der Waals surface area (Å²) in [7, 11) is 0. The maximum atomic E-state index is 12.1. The number of hydrogen-bond acceptors (Lipinski definition) is 2. The van der Waals surface area contributed by atoms with Crippen molar-refractivity contribution in [1.82, 2.24) is 4.98 Å². The van der Waals surface area contributed by atoms with Crippen LogP contribution in [0.15, 0.2) is 24.5 Å². The van der Waals surface area contributed by atoms with Gasteiger partial charge in [-0.25, -0.2) is 0 Å². The Hall–Kier alpha value is -1.20. The highest BCUT2D eigenvalue weighted by Crippen LogP contribution is 2.31. The van der Waals surface area contributed by atoms with Gasteiger partial charge in [0.2, 0.25) is 0 Å². The number of pyridine rings is 1. The Bertz CT molecular complexity index is 322. The van der Waals surface area contributed by atoms with E-state index in [1.165, 1.54) is 0 Å². The summed E-state index contributed by atoms with van der Waals surface area (Å²) >= 11 is 0. The molecule has 1 fully saturated rings. The maximum Gasteiger partial charge on any atom is 0.478 e. The van der Waals surface area contributed by atoms with Gasteiger partial charge in [-0.3, -0.25) is 4.98 Å². The summed E-state index contributed by atoms with van der Waals surface area (Å²) in [5.41, 5.74) is 0.906. The van der Waals surface area contributed by atoms with Crippen molar-refractivity contribution >= 4 is 12.7 Å². The van der Waals surface area contributed by atoms with Crippen molar-refractivity contribution in [2.45, 2.75) is 6.32 Å². The highest BCUT2D eigenvalue weighted by atomic mass is 19.4. The molecule has 2 heterocycles. The van der Waals surface area contributed by atoms with Crippen LogP contribution in [0, 0.1) is 5.92 Å². The summed E-state index contributed by atoms with van der Waals surface area (Å²) in [4.78, 5) is 5.84. The highest BCUT2D eigenvalue weighted by molar-refractivity contribution is 6.58. The fourth-order valence-corrected chi connectivity index (χ4v) is 1.85. The van der Waals surface area contributed by atoms with Gasteiger partial charge in [0.1, 0.15) is 0 Å². The van der Waals surface area contributed by atoms with Gasteiger partial charge in [0.15, 0.2) is 0 Å². The van der Waals surface area contributed by atoms with Crippen LogP contribution < -0.4 is 4.90 Å². The number of hydrogen-bond donors (Lipinski definition) is 0. The third-order valence-electron chi connectivity index (χ3n) is 2.57. The number of aromatic nitrogens is 1. The number of halogens is 3. The Morgan fingerprint density at radius 2 is 2.13 bits per heavy atom. The van der Waals surface area contributed by atoms with Gasteiger partial charge in [0.05, 0.1) is 11.9 Å². The van der Waals surface area contributed by atoms with E-state index in [2.05, 4.69) is 4.98 Å². The summed E-state index contributed by atoms with van der Waals surface area (Å²) < 4.78 is 36.3. The zero-order valence-electron chi connectivity index (χ0n) is 8.11. The fraction of sp³-hybridized carbons (Fsp3) is 0.444. The molecule has 0 aliphatic carbocycles. The number of rotatable bonds is 3. The molecule has 0 atom stereocenters. The topological polar surface area (TPSA) is 16.1 Å². The van der Waals surface area contributed by atoms with Gasteiger partial charge >= 0.3 is 6.98 Å².